The maximum absolute atomic E-state index is 13.9. The summed E-state index contributed by atoms with van der Waals surface area (Å²) in [6.45, 7) is 8.68. The highest BCUT2D eigenvalue weighted by Crippen LogP contribution is 2.22. The second-order valence-electron chi connectivity index (χ2n) is 6.49. The van der Waals surface area contributed by atoms with Gasteiger partial charge in [0.1, 0.15) is 11.6 Å². The lowest BCUT2D eigenvalue weighted by Gasteiger charge is -2.20. The Labute approximate surface area is 157 Å². The molecule has 2 aromatic rings. The topological polar surface area (TPSA) is 71.2 Å². The predicted molar refractivity (Wildman–Crippen MR) is 97.9 cm³/mol. The van der Waals surface area contributed by atoms with Crippen molar-refractivity contribution in [3.05, 3.63) is 57.9 Å². The molecule has 0 spiro atoms. The van der Waals surface area contributed by atoms with E-state index in [1.165, 1.54) is 12.1 Å². The van der Waals surface area contributed by atoms with Crippen LogP contribution in [0.15, 0.2) is 18.2 Å². The second kappa shape index (κ2) is 8.43. The van der Waals surface area contributed by atoms with Gasteiger partial charge in [-0.15, -0.1) is 0 Å². The van der Waals surface area contributed by atoms with Gasteiger partial charge in [0.05, 0.1) is 23.9 Å². The van der Waals surface area contributed by atoms with Crippen LogP contribution in [0.2, 0.25) is 0 Å². The van der Waals surface area contributed by atoms with E-state index in [0.29, 0.717) is 22.5 Å². The summed E-state index contributed by atoms with van der Waals surface area (Å²) >= 11 is 0. The second-order valence-corrected chi connectivity index (χ2v) is 6.49. The quantitative estimate of drug-likeness (QED) is 0.564. The van der Waals surface area contributed by atoms with E-state index in [1.54, 1.807) is 34.6 Å². The smallest absolute Gasteiger partial charge is 0.340 e. The molecule has 27 heavy (non-hydrogen) atoms. The van der Waals surface area contributed by atoms with E-state index in [2.05, 4.69) is 10.3 Å². The number of H-pyrrole nitrogens is 1. The van der Waals surface area contributed by atoms with Crippen LogP contribution in [0.5, 0.6) is 0 Å². The van der Waals surface area contributed by atoms with Crippen LogP contribution >= 0.6 is 0 Å². The van der Waals surface area contributed by atoms with E-state index in [0.717, 1.165) is 6.07 Å². The van der Waals surface area contributed by atoms with Crippen molar-refractivity contribution in [2.45, 2.75) is 46.7 Å². The van der Waals surface area contributed by atoms with E-state index in [4.69, 9.17) is 4.74 Å². The van der Waals surface area contributed by atoms with Crippen LogP contribution in [0.25, 0.3) is 0 Å². The van der Waals surface area contributed by atoms with Gasteiger partial charge in [0.25, 0.3) is 0 Å². The summed E-state index contributed by atoms with van der Waals surface area (Å²) in [5, 5.41) is 3.02. The number of halogens is 2. The Hall–Kier alpha value is -2.54. The zero-order valence-electron chi connectivity index (χ0n) is 16.1. The van der Waals surface area contributed by atoms with Crippen molar-refractivity contribution in [3.8, 4) is 0 Å². The summed E-state index contributed by atoms with van der Waals surface area (Å²) in [6, 6.07) is 2.17. The number of carbonyl (C=O) groups excluding carboxylic acids is 2. The van der Waals surface area contributed by atoms with Crippen molar-refractivity contribution >= 4 is 11.8 Å². The van der Waals surface area contributed by atoms with Crippen LogP contribution in [0.3, 0.4) is 0 Å². The molecular formula is C20H24F2N2O3. The molecule has 5 nitrogen and oxygen atoms in total. The van der Waals surface area contributed by atoms with Gasteiger partial charge in [0.15, 0.2) is 5.78 Å². The lowest BCUT2D eigenvalue weighted by atomic mass is 10.0. The first-order chi connectivity index (χ1) is 12.7. The molecule has 1 heterocycles. The molecule has 0 aliphatic carbocycles. The van der Waals surface area contributed by atoms with Crippen LogP contribution in [-0.2, 0) is 4.74 Å². The van der Waals surface area contributed by atoms with Crippen LogP contribution in [0.4, 0.5) is 8.78 Å². The number of nitrogens with one attached hydrogen (secondary N) is 2. The summed E-state index contributed by atoms with van der Waals surface area (Å²) in [6.07, 6.45) is 0. The van der Waals surface area contributed by atoms with Crippen molar-refractivity contribution in [3.63, 3.8) is 0 Å². The first-order valence-electron chi connectivity index (χ1n) is 8.78. The van der Waals surface area contributed by atoms with Crippen molar-refractivity contribution in [2.75, 3.05) is 6.61 Å². The zero-order chi connectivity index (χ0) is 20.3. The van der Waals surface area contributed by atoms with Crippen LogP contribution in [0.1, 0.15) is 64.5 Å². The van der Waals surface area contributed by atoms with Gasteiger partial charge < -0.3 is 15.0 Å². The molecule has 0 amide bonds. The van der Waals surface area contributed by atoms with Gasteiger partial charge in [0.2, 0.25) is 0 Å². The number of aromatic nitrogens is 1. The number of ketones is 1. The molecule has 2 N–H and O–H groups in total. The minimum absolute atomic E-state index is 0.241. The van der Waals surface area contributed by atoms with E-state index in [1.807, 2.05) is 0 Å². The maximum atomic E-state index is 13.9. The van der Waals surface area contributed by atoms with E-state index in [-0.39, 0.29) is 18.0 Å². The predicted octanol–water partition coefficient (Wildman–Crippen LogP) is 4.01. The van der Waals surface area contributed by atoms with E-state index >= 15 is 0 Å². The zero-order valence-corrected chi connectivity index (χ0v) is 16.1. The molecule has 2 atom stereocenters. The minimum atomic E-state index is -0.675. The Morgan fingerprint density at radius 2 is 1.89 bits per heavy atom. The molecule has 1 aromatic heterocycles. The number of hydrogen-bond donors (Lipinski definition) is 2. The Morgan fingerprint density at radius 3 is 2.48 bits per heavy atom. The number of rotatable bonds is 7. The maximum Gasteiger partial charge on any atom is 0.340 e. The highest BCUT2D eigenvalue weighted by molar-refractivity contribution is 6.03. The molecule has 0 radical (unpaired) electrons. The Balaban J connectivity index is 2.20. The largest absolute Gasteiger partial charge is 0.462 e. The minimum Gasteiger partial charge on any atom is -0.462 e. The Morgan fingerprint density at radius 1 is 1.22 bits per heavy atom. The monoisotopic (exact) mass is 378 g/mol. The van der Waals surface area contributed by atoms with Gasteiger partial charge in [-0.3, -0.25) is 4.79 Å². The molecule has 0 fully saturated rings. The summed E-state index contributed by atoms with van der Waals surface area (Å²) in [5.41, 5.74) is 2.00. The Kier molecular flexibility index (Phi) is 6.49. The fourth-order valence-electron chi connectivity index (χ4n) is 3.12. The van der Waals surface area contributed by atoms with E-state index < -0.39 is 29.7 Å². The standard InChI is InChI=1S/C20H24F2N2O3/c1-6-27-20(26)17-10(2)18(24-12(17)4)19(25)13(5)23-11(3)15-8-7-14(21)9-16(15)22/h7-9,11,13,23-24H,6H2,1-5H3/t11-,13+/m1/s1. The van der Waals surface area contributed by atoms with Crippen molar-refractivity contribution in [1.29, 1.82) is 0 Å². The highest BCUT2D eigenvalue weighted by atomic mass is 19.1. The van der Waals surface area contributed by atoms with E-state index in [9.17, 15) is 18.4 Å². The van der Waals surface area contributed by atoms with Gasteiger partial charge in [-0.25, -0.2) is 13.6 Å². The fourth-order valence-corrected chi connectivity index (χ4v) is 3.12. The average molecular weight is 378 g/mol. The van der Waals surface area contributed by atoms with Gasteiger partial charge >= 0.3 is 5.97 Å². The van der Waals surface area contributed by atoms with Gasteiger partial charge in [-0.2, -0.15) is 0 Å². The molecule has 0 aliphatic heterocycles. The number of Topliss-reactive ketones (excluding diaryl/α,β-unsaturated/α-hetero) is 1. The van der Waals surface area contributed by atoms with Gasteiger partial charge in [0, 0.05) is 23.4 Å². The molecule has 0 aliphatic rings. The van der Waals surface area contributed by atoms with Crippen LogP contribution in [-0.4, -0.2) is 29.4 Å². The third-order valence-electron chi connectivity index (χ3n) is 4.49. The van der Waals surface area contributed by atoms with Crippen molar-refractivity contribution in [1.82, 2.24) is 10.3 Å². The highest BCUT2D eigenvalue weighted by Gasteiger charge is 2.26. The molecule has 2 rings (SSSR count). The number of benzene rings is 1. The lowest BCUT2D eigenvalue weighted by Crippen LogP contribution is -2.36. The average Bonchev–Trinajstić information content (AvgIpc) is 2.88. The molecule has 1 aromatic carbocycles. The van der Waals surface area contributed by atoms with Crippen LogP contribution < -0.4 is 5.32 Å². The lowest BCUT2D eigenvalue weighted by molar-refractivity contribution is 0.0525. The number of esters is 1. The summed E-state index contributed by atoms with van der Waals surface area (Å²) in [7, 11) is 0. The summed E-state index contributed by atoms with van der Waals surface area (Å²) < 4.78 is 32.0. The first kappa shape index (κ1) is 20.8. The fraction of sp³-hybridized carbons (Fsp3) is 0.400. The summed E-state index contributed by atoms with van der Waals surface area (Å²) in [5.74, 6) is -2.08. The van der Waals surface area contributed by atoms with Crippen molar-refractivity contribution in [2.24, 2.45) is 0 Å². The normalized spacial score (nSPS) is 13.3. The summed E-state index contributed by atoms with van der Waals surface area (Å²) in [4.78, 5) is 27.8. The SMILES string of the molecule is CCOC(=O)c1c(C)[nH]c(C(=O)[C@H](C)N[C@H](C)c2ccc(F)cc2F)c1C. The Bertz CT molecular complexity index is 861. The molecule has 7 heteroatoms. The molecule has 0 bridgehead atoms. The number of hydrogen-bond acceptors (Lipinski definition) is 4. The number of aryl methyl sites for hydroxylation is 1. The molecule has 0 unspecified atom stereocenters. The first-order valence-corrected chi connectivity index (χ1v) is 8.78. The van der Waals surface area contributed by atoms with Crippen LogP contribution in [0, 0.1) is 25.5 Å². The molecule has 146 valence electrons. The third kappa shape index (κ3) is 4.42. The number of carbonyl (C=O) groups is 2. The van der Waals surface area contributed by atoms with Gasteiger partial charge in [-0.05, 0) is 46.2 Å². The molecular weight excluding hydrogens is 354 g/mol. The van der Waals surface area contributed by atoms with Crippen molar-refractivity contribution < 1.29 is 23.1 Å². The van der Waals surface area contributed by atoms with Gasteiger partial charge in [-0.1, -0.05) is 6.07 Å². The number of ether oxygens (including phenoxy) is 1. The molecule has 0 saturated carbocycles. The number of aromatic amines is 1. The third-order valence-corrected chi connectivity index (χ3v) is 4.49. The molecule has 0 saturated heterocycles.